The third-order valence-corrected chi connectivity index (χ3v) is 5.60. The first kappa shape index (κ1) is 19.0. The van der Waals surface area contributed by atoms with Crippen LogP contribution in [0.1, 0.15) is 47.5 Å². The van der Waals surface area contributed by atoms with E-state index in [4.69, 9.17) is 9.15 Å². The Labute approximate surface area is 175 Å². The van der Waals surface area contributed by atoms with Gasteiger partial charge in [0.1, 0.15) is 6.61 Å². The maximum Gasteiger partial charge on any atom is 0.251 e. The Morgan fingerprint density at radius 3 is 2.57 bits per heavy atom. The smallest absolute Gasteiger partial charge is 0.251 e. The van der Waals surface area contributed by atoms with Crippen LogP contribution in [0.25, 0.3) is 22.6 Å². The Morgan fingerprint density at radius 2 is 1.83 bits per heavy atom. The van der Waals surface area contributed by atoms with Gasteiger partial charge in [-0.1, -0.05) is 18.2 Å². The summed E-state index contributed by atoms with van der Waals surface area (Å²) in [4.78, 5) is 12.4. The van der Waals surface area contributed by atoms with E-state index in [0.717, 1.165) is 41.7 Å². The number of carbonyl (C=O) groups is 1. The van der Waals surface area contributed by atoms with Crippen molar-refractivity contribution in [2.75, 3.05) is 6.61 Å². The molecule has 6 heteroatoms. The van der Waals surface area contributed by atoms with E-state index in [0.29, 0.717) is 35.9 Å². The average Bonchev–Trinajstić information content (AvgIpc) is 3.69. The lowest BCUT2D eigenvalue weighted by Crippen LogP contribution is -2.25. The van der Waals surface area contributed by atoms with Crippen molar-refractivity contribution in [2.24, 2.45) is 5.92 Å². The van der Waals surface area contributed by atoms with Crippen LogP contribution in [-0.4, -0.2) is 28.8 Å². The predicted molar refractivity (Wildman–Crippen MR) is 113 cm³/mol. The molecule has 30 heavy (non-hydrogen) atoms. The maximum atomic E-state index is 12.4. The van der Waals surface area contributed by atoms with Crippen LogP contribution in [0.15, 0.2) is 46.9 Å². The van der Waals surface area contributed by atoms with E-state index < -0.39 is 0 Å². The van der Waals surface area contributed by atoms with Gasteiger partial charge in [-0.25, -0.2) is 0 Å². The quantitative estimate of drug-likeness (QED) is 0.598. The molecule has 1 heterocycles. The van der Waals surface area contributed by atoms with Gasteiger partial charge in [0.05, 0.1) is 6.61 Å². The molecule has 2 aliphatic carbocycles. The van der Waals surface area contributed by atoms with Crippen molar-refractivity contribution < 1.29 is 13.9 Å². The first-order valence-corrected chi connectivity index (χ1v) is 10.6. The second-order valence-corrected chi connectivity index (χ2v) is 8.31. The molecule has 0 radical (unpaired) electrons. The van der Waals surface area contributed by atoms with E-state index in [1.54, 1.807) is 0 Å². The number of nitrogens with zero attached hydrogens (tertiary/aromatic N) is 2. The van der Waals surface area contributed by atoms with E-state index in [1.807, 2.05) is 42.5 Å². The van der Waals surface area contributed by atoms with Gasteiger partial charge in [0.15, 0.2) is 0 Å². The van der Waals surface area contributed by atoms with E-state index in [2.05, 4.69) is 22.4 Å². The Kier molecular flexibility index (Phi) is 5.09. The molecule has 0 saturated heterocycles. The highest BCUT2D eigenvalue weighted by Gasteiger charge is 2.24. The van der Waals surface area contributed by atoms with Gasteiger partial charge >= 0.3 is 0 Å². The maximum absolute atomic E-state index is 12.4. The summed E-state index contributed by atoms with van der Waals surface area (Å²) in [7, 11) is 0. The fourth-order valence-electron chi connectivity index (χ4n) is 3.39. The number of carbonyl (C=O) groups excluding carboxylic acids is 1. The fraction of sp³-hybridized carbons (Fsp3) is 0.375. The molecule has 3 aromatic rings. The molecule has 0 bridgehead atoms. The SMILES string of the molecule is Cc1ccc(C(=O)NC2CC2)cc1-c1ccc(-c2nnc(COCC3CC3)o2)cc1. The van der Waals surface area contributed by atoms with Crippen LogP contribution < -0.4 is 5.32 Å². The number of aryl methyl sites for hydroxylation is 1. The number of hydrogen-bond donors (Lipinski definition) is 1. The zero-order valence-electron chi connectivity index (χ0n) is 17.1. The van der Waals surface area contributed by atoms with Gasteiger partial charge in [-0.2, -0.15) is 0 Å². The Balaban J connectivity index is 1.29. The summed E-state index contributed by atoms with van der Waals surface area (Å²) in [6, 6.07) is 14.2. The fourth-order valence-corrected chi connectivity index (χ4v) is 3.39. The highest BCUT2D eigenvalue weighted by molar-refractivity contribution is 5.96. The topological polar surface area (TPSA) is 77.2 Å². The van der Waals surface area contributed by atoms with Crippen molar-refractivity contribution in [3.63, 3.8) is 0 Å². The summed E-state index contributed by atoms with van der Waals surface area (Å²) < 4.78 is 11.3. The molecule has 1 N–H and O–H groups in total. The molecule has 5 rings (SSSR count). The summed E-state index contributed by atoms with van der Waals surface area (Å²) in [5, 5.41) is 11.3. The van der Waals surface area contributed by atoms with Crippen molar-refractivity contribution in [2.45, 2.75) is 45.3 Å². The minimum absolute atomic E-state index is 0.00216. The summed E-state index contributed by atoms with van der Waals surface area (Å²) in [5.41, 5.74) is 4.77. The molecular weight excluding hydrogens is 378 g/mol. The van der Waals surface area contributed by atoms with E-state index in [9.17, 15) is 4.79 Å². The molecule has 0 unspecified atom stereocenters. The highest BCUT2D eigenvalue weighted by Crippen LogP contribution is 2.30. The molecular formula is C24H25N3O3. The van der Waals surface area contributed by atoms with Crippen molar-refractivity contribution in [3.05, 3.63) is 59.5 Å². The third-order valence-electron chi connectivity index (χ3n) is 5.60. The lowest BCUT2D eigenvalue weighted by molar-refractivity contribution is 0.0942. The number of hydrogen-bond acceptors (Lipinski definition) is 5. The lowest BCUT2D eigenvalue weighted by Gasteiger charge is -2.10. The average molecular weight is 403 g/mol. The summed E-state index contributed by atoms with van der Waals surface area (Å²) in [6.07, 6.45) is 4.68. The molecule has 2 saturated carbocycles. The largest absolute Gasteiger partial charge is 0.418 e. The van der Waals surface area contributed by atoms with Gasteiger partial charge in [0.25, 0.3) is 5.91 Å². The van der Waals surface area contributed by atoms with Gasteiger partial charge in [0.2, 0.25) is 11.8 Å². The van der Waals surface area contributed by atoms with Crippen molar-refractivity contribution in [1.82, 2.24) is 15.5 Å². The van der Waals surface area contributed by atoms with E-state index >= 15 is 0 Å². The normalized spacial score (nSPS) is 15.9. The minimum atomic E-state index is -0.00216. The van der Waals surface area contributed by atoms with Crippen LogP contribution in [-0.2, 0) is 11.3 Å². The first-order valence-electron chi connectivity index (χ1n) is 10.6. The number of amides is 1. The Morgan fingerprint density at radius 1 is 1.07 bits per heavy atom. The summed E-state index contributed by atoms with van der Waals surface area (Å²) >= 11 is 0. The summed E-state index contributed by atoms with van der Waals surface area (Å²) in [6.45, 7) is 3.18. The molecule has 0 aliphatic heterocycles. The third kappa shape index (κ3) is 4.44. The van der Waals surface area contributed by atoms with E-state index in [1.165, 1.54) is 12.8 Å². The number of ether oxygens (including phenoxy) is 1. The highest BCUT2D eigenvalue weighted by atomic mass is 16.5. The zero-order valence-corrected chi connectivity index (χ0v) is 17.1. The molecule has 154 valence electrons. The van der Waals surface area contributed by atoms with Crippen molar-refractivity contribution in [1.29, 1.82) is 0 Å². The van der Waals surface area contributed by atoms with Crippen LogP contribution >= 0.6 is 0 Å². The molecule has 2 aromatic carbocycles. The van der Waals surface area contributed by atoms with Crippen LogP contribution in [0, 0.1) is 12.8 Å². The standard InChI is InChI=1S/C24H25N3O3/c1-15-2-5-19(23(28)25-20-10-11-20)12-21(15)17-6-8-18(9-7-17)24-27-26-22(30-24)14-29-13-16-3-4-16/h2,5-9,12,16,20H,3-4,10-11,13-14H2,1H3,(H,25,28). The lowest BCUT2D eigenvalue weighted by atomic mass is 9.97. The van der Waals surface area contributed by atoms with E-state index in [-0.39, 0.29) is 5.91 Å². The van der Waals surface area contributed by atoms with Crippen LogP contribution in [0.4, 0.5) is 0 Å². The van der Waals surface area contributed by atoms with Gasteiger partial charge < -0.3 is 14.5 Å². The van der Waals surface area contributed by atoms with Gasteiger partial charge in [-0.15, -0.1) is 10.2 Å². The number of nitrogens with one attached hydrogen (secondary N) is 1. The van der Waals surface area contributed by atoms with Crippen molar-refractivity contribution >= 4 is 5.91 Å². The number of benzene rings is 2. The second-order valence-electron chi connectivity index (χ2n) is 8.31. The van der Waals surface area contributed by atoms with Crippen LogP contribution in [0.5, 0.6) is 0 Å². The number of aromatic nitrogens is 2. The predicted octanol–water partition coefficient (Wildman–Crippen LogP) is 4.53. The molecule has 2 aliphatic rings. The molecule has 0 atom stereocenters. The molecule has 6 nitrogen and oxygen atoms in total. The van der Waals surface area contributed by atoms with Crippen molar-refractivity contribution in [3.8, 4) is 22.6 Å². The molecule has 0 spiro atoms. The molecule has 1 aromatic heterocycles. The zero-order chi connectivity index (χ0) is 20.5. The van der Waals surface area contributed by atoms with Crippen LogP contribution in [0.3, 0.4) is 0 Å². The minimum Gasteiger partial charge on any atom is -0.418 e. The van der Waals surface area contributed by atoms with Gasteiger partial charge in [-0.3, -0.25) is 4.79 Å². The monoisotopic (exact) mass is 403 g/mol. The Hall–Kier alpha value is -2.99. The molecule has 2 fully saturated rings. The first-order chi connectivity index (χ1) is 14.7. The van der Waals surface area contributed by atoms with Crippen LogP contribution in [0.2, 0.25) is 0 Å². The Bertz CT molecular complexity index is 1050. The number of rotatable bonds is 8. The van der Waals surface area contributed by atoms with Gasteiger partial charge in [0, 0.05) is 17.2 Å². The second kappa shape index (κ2) is 8.03. The molecule has 1 amide bonds. The van der Waals surface area contributed by atoms with Gasteiger partial charge in [-0.05, 0) is 79.5 Å². The summed E-state index contributed by atoms with van der Waals surface area (Å²) in [5.74, 6) is 1.69.